The zero-order valence-corrected chi connectivity index (χ0v) is 9.99. The van der Waals surface area contributed by atoms with Crippen LogP contribution in [0, 0.1) is 5.92 Å². The first-order chi connectivity index (χ1) is 7.81. The summed E-state index contributed by atoms with van der Waals surface area (Å²) in [5.74, 6) is 0.566. The average Bonchev–Trinajstić information content (AvgIpc) is 2.77. The summed E-state index contributed by atoms with van der Waals surface area (Å²) >= 11 is 0. The van der Waals surface area contributed by atoms with Gasteiger partial charge in [-0.25, -0.2) is 0 Å². The van der Waals surface area contributed by atoms with Crippen molar-refractivity contribution in [3.8, 4) is 0 Å². The van der Waals surface area contributed by atoms with E-state index in [0.717, 1.165) is 37.0 Å². The van der Waals surface area contributed by atoms with Gasteiger partial charge in [-0.15, -0.1) is 0 Å². The van der Waals surface area contributed by atoms with Gasteiger partial charge in [0, 0.05) is 11.3 Å². The molecule has 0 fully saturated rings. The van der Waals surface area contributed by atoms with E-state index in [1.165, 1.54) is 5.69 Å². The van der Waals surface area contributed by atoms with Gasteiger partial charge in [0.05, 0.1) is 11.9 Å². The van der Waals surface area contributed by atoms with E-state index in [1.807, 2.05) is 6.20 Å². The minimum atomic E-state index is 0.566. The molecule has 4 nitrogen and oxygen atoms in total. The van der Waals surface area contributed by atoms with Crippen LogP contribution in [0.25, 0.3) is 0 Å². The van der Waals surface area contributed by atoms with Crippen molar-refractivity contribution in [1.29, 1.82) is 0 Å². The zero-order valence-electron chi connectivity index (χ0n) is 9.99. The van der Waals surface area contributed by atoms with Crippen LogP contribution in [-0.2, 0) is 11.3 Å². The molecule has 0 aliphatic heterocycles. The maximum Gasteiger partial charge on any atom is 0.119 e. The molecular weight excluding hydrogens is 202 g/mol. The first-order valence-corrected chi connectivity index (χ1v) is 6.02. The average molecular weight is 221 g/mol. The van der Waals surface area contributed by atoms with Gasteiger partial charge in [0.25, 0.3) is 0 Å². The Hall–Kier alpha value is -1.32. The van der Waals surface area contributed by atoms with Crippen LogP contribution in [0.1, 0.15) is 44.4 Å². The van der Waals surface area contributed by atoms with Crippen LogP contribution in [0.2, 0.25) is 0 Å². The summed E-state index contributed by atoms with van der Waals surface area (Å²) in [5, 5.41) is 11.3. The molecule has 1 aliphatic rings. The maximum atomic E-state index is 5.40. The third-order valence-electron chi connectivity index (χ3n) is 3.10. The fraction of sp³-hybridized carbons (Fsp3) is 0.667. The van der Waals surface area contributed by atoms with Crippen LogP contribution in [0.5, 0.6) is 0 Å². The molecular formula is C12H19N3O. The van der Waals surface area contributed by atoms with Crippen LogP contribution >= 0.6 is 0 Å². The molecule has 0 radical (unpaired) electrons. The highest BCUT2D eigenvalue weighted by atomic mass is 16.6. The van der Waals surface area contributed by atoms with Crippen molar-refractivity contribution < 1.29 is 4.84 Å². The number of oxime groups is 1. The summed E-state index contributed by atoms with van der Waals surface area (Å²) in [4.78, 5) is 5.40. The van der Waals surface area contributed by atoms with Crippen molar-refractivity contribution in [2.24, 2.45) is 11.1 Å². The predicted octanol–water partition coefficient (Wildman–Crippen LogP) is 2.51. The van der Waals surface area contributed by atoms with E-state index in [9.17, 15) is 0 Å². The Balaban J connectivity index is 1.98. The molecule has 1 N–H and O–H groups in total. The molecule has 16 heavy (non-hydrogen) atoms. The van der Waals surface area contributed by atoms with Gasteiger partial charge in [0.2, 0.25) is 0 Å². The number of aromatic amines is 1. The molecule has 1 heterocycles. The lowest BCUT2D eigenvalue weighted by Crippen LogP contribution is -2.12. The van der Waals surface area contributed by atoms with Gasteiger partial charge in [-0.1, -0.05) is 25.4 Å². The van der Waals surface area contributed by atoms with Crippen molar-refractivity contribution >= 4 is 5.71 Å². The molecule has 0 aromatic carbocycles. The number of rotatable bonds is 4. The minimum absolute atomic E-state index is 0.566. The van der Waals surface area contributed by atoms with Gasteiger partial charge in [0.15, 0.2) is 0 Å². The van der Waals surface area contributed by atoms with Crippen molar-refractivity contribution in [3.63, 3.8) is 0 Å². The Morgan fingerprint density at radius 2 is 2.44 bits per heavy atom. The fourth-order valence-electron chi connectivity index (χ4n) is 1.77. The highest BCUT2D eigenvalue weighted by Gasteiger charge is 2.17. The van der Waals surface area contributed by atoms with Gasteiger partial charge in [-0.05, 0) is 25.2 Å². The molecule has 1 atom stereocenters. The molecule has 0 saturated carbocycles. The van der Waals surface area contributed by atoms with Crippen molar-refractivity contribution in [2.75, 3.05) is 6.61 Å². The van der Waals surface area contributed by atoms with Gasteiger partial charge >= 0.3 is 0 Å². The van der Waals surface area contributed by atoms with E-state index < -0.39 is 0 Å². The lowest BCUT2D eigenvalue weighted by Gasteiger charge is -2.13. The highest BCUT2D eigenvalue weighted by molar-refractivity contribution is 6.01. The monoisotopic (exact) mass is 221 g/mol. The molecule has 88 valence electrons. The lowest BCUT2D eigenvalue weighted by atomic mass is 9.96. The second kappa shape index (κ2) is 5.14. The Labute approximate surface area is 96.1 Å². The van der Waals surface area contributed by atoms with E-state index in [-0.39, 0.29) is 0 Å². The van der Waals surface area contributed by atoms with E-state index in [0.29, 0.717) is 12.5 Å². The Bertz CT molecular complexity index is 370. The lowest BCUT2D eigenvalue weighted by molar-refractivity contribution is 0.111. The van der Waals surface area contributed by atoms with Gasteiger partial charge in [0.1, 0.15) is 6.61 Å². The molecule has 0 bridgehead atoms. The number of hydrogen-bond donors (Lipinski definition) is 1. The molecule has 1 unspecified atom stereocenters. The molecule has 1 aromatic heterocycles. The summed E-state index contributed by atoms with van der Waals surface area (Å²) < 4.78 is 0. The summed E-state index contributed by atoms with van der Waals surface area (Å²) in [6.45, 7) is 5.04. The Morgan fingerprint density at radius 3 is 3.25 bits per heavy atom. The first kappa shape index (κ1) is 11.2. The summed E-state index contributed by atoms with van der Waals surface area (Å²) in [6, 6.07) is 0. The van der Waals surface area contributed by atoms with Crippen LogP contribution in [-0.4, -0.2) is 22.5 Å². The molecule has 0 saturated heterocycles. The van der Waals surface area contributed by atoms with Gasteiger partial charge in [-0.2, -0.15) is 5.10 Å². The van der Waals surface area contributed by atoms with Crippen LogP contribution in [0.3, 0.4) is 0 Å². The van der Waals surface area contributed by atoms with E-state index in [2.05, 4.69) is 29.2 Å². The van der Waals surface area contributed by atoms with Crippen molar-refractivity contribution in [3.05, 3.63) is 17.5 Å². The molecule has 4 heteroatoms. The van der Waals surface area contributed by atoms with Crippen LogP contribution in [0.15, 0.2) is 11.4 Å². The third kappa shape index (κ3) is 2.43. The number of aryl methyl sites for hydroxylation is 1. The number of aromatic nitrogens is 2. The summed E-state index contributed by atoms with van der Waals surface area (Å²) in [7, 11) is 0. The SMILES string of the molecule is CCC(C)CON=C1CCCc2[nH]ncc21. The summed E-state index contributed by atoms with van der Waals surface area (Å²) in [6.07, 6.45) is 6.16. The summed E-state index contributed by atoms with van der Waals surface area (Å²) in [5.41, 5.74) is 3.37. The normalized spacial score (nSPS) is 19.5. The molecule has 0 spiro atoms. The molecule has 1 aliphatic carbocycles. The molecule has 0 amide bonds. The second-order valence-corrected chi connectivity index (χ2v) is 4.46. The van der Waals surface area contributed by atoms with E-state index in [1.54, 1.807) is 0 Å². The standard InChI is InChI=1S/C12H19N3O/c1-3-9(2)8-16-15-12-6-4-5-11-10(12)7-13-14-11/h7,9H,3-6,8H2,1-2H3,(H,13,14). The van der Waals surface area contributed by atoms with E-state index in [4.69, 9.17) is 4.84 Å². The van der Waals surface area contributed by atoms with Gasteiger partial charge < -0.3 is 4.84 Å². The smallest absolute Gasteiger partial charge is 0.119 e. The second-order valence-electron chi connectivity index (χ2n) is 4.46. The van der Waals surface area contributed by atoms with Crippen LogP contribution < -0.4 is 0 Å². The third-order valence-corrected chi connectivity index (χ3v) is 3.10. The largest absolute Gasteiger partial charge is 0.395 e. The molecule has 2 rings (SSSR count). The Morgan fingerprint density at radius 1 is 1.56 bits per heavy atom. The highest BCUT2D eigenvalue weighted by Crippen LogP contribution is 2.19. The molecule has 1 aromatic rings. The topological polar surface area (TPSA) is 50.3 Å². The van der Waals surface area contributed by atoms with E-state index >= 15 is 0 Å². The number of nitrogens with zero attached hydrogens (tertiary/aromatic N) is 2. The van der Waals surface area contributed by atoms with Crippen molar-refractivity contribution in [1.82, 2.24) is 10.2 Å². The zero-order chi connectivity index (χ0) is 11.4. The predicted molar refractivity (Wildman–Crippen MR) is 63.5 cm³/mol. The van der Waals surface area contributed by atoms with Gasteiger partial charge in [-0.3, -0.25) is 5.10 Å². The fourth-order valence-corrected chi connectivity index (χ4v) is 1.77. The number of H-pyrrole nitrogens is 1. The maximum absolute atomic E-state index is 5.40. The number of hydrogen-bond acceptors (Lipinski definition) is 3. The Kier molecular flexibility index (Phi) is 3.59. The number of fused-ring (bicyclic) bond motifs is 1. The quantitative estimate of drug-likeness (QED) is 0.794. The first-order valence-electron chi connectivity index (χ1n) is 6.02. The van der Waals surface area contributed by atoms with Crippen LogP contribution in [0.4, 0.5) is 0 Å². The van der Waals surface area contributed by atoms with Crippen molar-refractivity contribution in [2.45, 2.75) is 39.5 Å². The minimum Gasteiger partial charge on any atom is -0.395 e. The number of nitrogens with one attached hydrogen (secondary N) is 1.